The largest absolute Gasteiger partial charge is 0.473 e. The van der Waals surface area contributed by atoms with E-state index in [1.165, 1.54) is 25.4 Å². The van der Waals surface area contributed by atoms with Crippen LogP contribution in [-0.2, 0) is 29.0 Å². The van der Waals surface area contributed by atoms with E-state index >= 15 is 8.78 Å². The van der Waals surface area contributed by atoms with E-state index in [2.05, 4.69) is 15.0 Å². The molecule has 5 aromatic rings. The van der Waals surface area contributed by atoms with E-state index in [4.69, 9.17) is 25.8 Å². The number of methoxy groups -OCH3 is 1. The molecule has 0 spiro atoms. The summed E-state index contributed by atoms with van der Waals surface area (Å²) in [5, 5.41) is 0.0136. The molecule has 1 aliphatic rings. The number of fused-ring (bicyclic) bond motifs is 1. The molecular weight excluding hydrogens is 609 g/mol. The summed E-state index contributed by atoms with van der Waals surface area (Å²) in [7, 11) is 1.30. The standard InChI is InChI=1S/C31H24ClF3N4O4.C2H6/c1-41-31(40)17-5-6-26-27(10-17)39(15-20-7-8-42-20)29(37-26)11-18-9-24(35)21(12-22(18)33)25-3-2-4-30(38-25)43-16-19-14-36-28(32)13-23(19)34;1-2/h2-6,9-10,12-14,20H,7-8,11,15-16H2,1H3;1-2H3. The number of nitrogens with zero attached hydrogens (tertiary/aromatic N) is 4. The third-order valence-corrected chi connectivity index (χ3v) is 7.39. The Kier molecular flexibility index (Phi) is 9.99. The van der Waals surface area contributed by atoms with Crippen molar-refractivity contribution in [2.24, 2.45) is 0 Å². The van der Waals surface area contributed by atoms with Gasteiger partial charge in [0.2, 0.25) is 5.88 Å². The van der Waals surface area contributed by atoms with Crippen LogP contribution in [0, 0.1) is 17.5 Å². The van der Waals surface area contributed by atoms with Gasteiger partial charge in [0.05, 0.1) is 42.0 Å². The summed E-state index contributed by atoms with van der Waals surface area (Å²) in [5.41, 5.74) is 1.96. The normalized spacial score (nSPS) is 14.0. The van der Waals surface area contributed by atoms with Crippen molar-refractivity contribution in [1.82, 2.24) is 19.5 Å². The maximum Gasteiger partial charge on any atom is 0.337 e. The molecule has 0 radical (unpaired) electrons. The van der Waals surface area contributed by atoms with Crippen molar-refractivity contribution in [3.8, 4) is 17.1 Å². The fourth-order valence-corrected chi connectivity index (χ4v) is 4.96. The molecule has 6 rings (SSSR count). The van der Waals surface area contributed by atoms with Crippen LogP contribution in [0.4, 0.5) is 13.2 Å². The van der Waals surface area contributed by atoms with Crippen LogP contribution in [0.5, 0.6) is 5.88 Å². The van der Waals surface area contributed by atoms with E-state index in [0.717, 1.165) is 24.6 Å². The second-order valence-corrected chi connectivity index (χ2v) is 10.4. The molecule has 0 amide bonds. The number of hydrogen-bond donors (Lipinski definition) is 0. The average Bonchev–Trinajstić information content (AvgIpc) is 3.36. The number of ether oxygens (including phenoxy) is 3. The highest BCUT2D eigenvalue weighted by Gasteiger charge is 2.24. The van der Waals surface area contributed by atoms with Crippen LogP contribution in [0.15, 0.2) is 60.8 Å². The minimum absolute atomic E-state index is 0.00470. The maximum absolute atomic E-state index is 15.5. The molecule has 1 unspecified atom stereocenters. The Morgan fingerprint density at radius 2 is 1.80 bits per heavy atom. The van der Waals surface area contributed by atoms with E-state index in [1.54, 1.807) is 24.3 Å². The molecule has 1 saturated heterocycles. The number of hydrogen-bond acceptors (Lipinski definition) is 7. The van der Waals surface area contributed by atoms with Gasteiger partial charge in [0, 0.05) is 42.5 Å². The smallest absolute Gasteiger partial charge is 0.337 e. The van der Waals surface area contributed by atoms with Crippen LogP contribution >= 0.6 is 11.6 Å². The van der Waals surface area contributed by atoms with Gasteiger partial charge in [-0.15, -0.1) is 0 Å². The van der Waals surface area contributed by atoms with Crippen molar-refractivity contribution in [3.05, 3.63) is 106 Å². The molecular formula is C33H30ClF3N4O4. The molecule has 3 aromatic heterocycles. The summed E-state index contributed by atoms with van der Waals surface area (Å²) in [6.07, 6.45) is 2.06. The first kappa shape index (κ1) is 31.9. The highest BCUT2D eigenvalue weighted by molar-refractivity contribution is 6.29. The van der Waals surface area contributed by atoms with Crippen molar-refractivity contribution in [3.63, 3.8) is 0 Å². The Morgan fingerprint density at radius 1 is 1.02 bits per heavy atom. The van der Waals surface area contributed by atoms with Gasteiger partial charge in [-0.2, -0.15) is 0 Å². The fourth-order valence-electron chi connectivity index (χ4n) is 4.82. The van der Waals surface area contributed by atoms with Crippen molar-refractivity contribution in [2.75, 3.05) is 13.7 Å². The molecule has 1 atom stereocenters. The van der Waals surface area contributed by atoms with Gasteiger partial charge in [0.25, 0.3) is 0 Å². The van der Waals surface area contributed by atoms with Crippen molar-refractivity contribution >= 4 is 28.6 Å². The Bertz CT molecular complexity index is 1850. The van der Waals surface area contributed by atoms with Gasteiger partial charge in [-0.25, -0.2) is 32.9 Å². The quantitative estimate of drug-likeness (QED) is 0.123. The number of esters is 1. The van der Waals surface area contributed by atoms with Crippen LogP contribution in [0.2, 0.25) is 5.15 Å². The topological polar surface area (TPSA) is 88.4 Å². The summed E-state index contributed by atoms with van der Waals surface area (Å²) < 4.78 is 62.9. The molecule has 0 bridgehead atoms. The number of rotatable bonds is 9. The minimum Gasteiger partial charge on any atom is -0.473 e. The zero-order chi connectivity index (χ0) is 32.1. The van der Waals surface area contributed by atoms with Gasteiger partial charge in [-0.1, -0.05) is 31.5 Å². The fraction of sp³-hybridized carbons (Fsp3) is 0.273. The number of imidazole rings is 1. The van der Waals surface area contributed by atoms with Gasteiger partial charge in [0.15, 0.2) is 0 Å². The number of carbonyl (C=O) groups excluding carboxylic acids is 1. The van der Waals surface area contributed by atoms with Crippen molar-refractivity contribution in [1.29, 1.82) is 0 Å². The first-order valence-electron chi connectivity index (χ1n) is 14.4. The molecule has 0 N–H and O–H groups in total. The Hall–Kier alpha value is -4.48. The summed E-state index contributed by atoms with van der Waals surface area (Å²) in [6, 6.07) is 12.9. The van der Waals surface area contributed by atoms with Crippen LogP contribution in [0.1, 0.15) is 47.6 Å². The molecule has 4 heterocycles. The number of pyridine rings is 2. The molecule has 1 aliphatic heterocycles. The van der Waals surface area contributed by atoms with Gasteiger partial charge in [-0.05, 0) is 48.4 Å². The zero-order valence-corrected chi connectivity index (χ0v) is 25.6. The highest BCUT2D eigenvalue weighted by Crippen LogP contribution is 2.29. The lowest BCUT2D eigenvalue weighted by molar-refractivity contribution is -0.0589. The van der Waals surface area contributed by atoms with Crippen LogP contribution in [0.3, 0.4) is 0 Å². The summed E-state index contributed by atoms with van der Waals surface area (Å²) in [4.78, 5) is 24.9. The second-order valence-electron chi connectivity index (χ2n) is 9.96. The number of halogens is 4. The van der Waals surface area contributed by atoms with Crippen LogP contribution < -0.4 is 4.74 Å². The third kappa shape index (κ3) is 7.10. The maximum atomic E-state index is 15.5. The summed E-state index contributed by atoms with van der Waals surface area (Å²) >= 11 is 5.69. The summed E-state index contributed by atoms with van der Waals surface area (Å²) in [5.74, 6) is -1.82. The Labute approximate surface area is 262 Å². The van der Waals surface area contributed by atoms with Crippen LogP contribution in [-0.4, -0.2) is 45.3 Å². The molecule has 45 heavy (non-hydrogen) atoms. The van der Waals surface area contributed by atoms with E-state index in [9.17, 15) is 9.18 Å². The molecule has 2 aromatic carbocycles. The van der Waals surface area contributed by atoms with Gasteiger partial charge >= 0.3 is 5.97 Å². The van der Waals surface area contributed by atoms with Crippen molar-refractivity contribution in [2.45, 2.75) is 45.9 Å². The van der Waals surface area contributed by atoms with E-state index in [1.807, 2.05) is 18.4 Å². The monoisotopic (exact) mass is 638 g/mol. The van der Waals surface area contributed by atoms with Crippen LogP contribution in [0.25, 0.3) is 22.3 Å². The highest BCUT2D eigenvalue weighted by atomic mass is 35.5. The lowest BCUT2D eigenvalue weighted by Gasteiger charge is -2.27. The number of benzene rings is 2. The van der Waals surface area contributed by atoms with Crippen molar-refractivity contribution < 1.29 is 32.2 Å². The van der Waals surface area contributed by atoms with Gasteiger partial charge in [-0.3, -0.25) is 0 Å². The second kappa shape index (κ2) is 14.1. The minimum atomic E-state index is -0.688. The lowest BCUT2D eigenvalue weighted by atomic mass is 10.0. The van der Waals surface area contributed by atoms with E-state index < -0.39 is 23.4 Å². The molecule has 8 nitrogen and oxygen atoms in total. The van der Waals surface area contributed by atoms with E-state index in [0.29, 0.717) is 35.6 Å². The first-order chi connectivity index (χ1) is 21.8. The molecule has 12 heteroatoms. The SMILES string of the molecule is CC.COC(=O)c1ccc2nc(Cc3cc(F)c(-c4cccc(OCc5cnc(Cl)cc5F)n4)cc3F)n(CC3CCO3)c2c1. The molecule has 0 saturated carbocycles. The average molecular weight is 639 g/mol. The summed E-state index contributed by atoms with van der Waals surface area (Å²) in [6.45, 7) is 4.92. The van der Waals surface area contributed by atoms with E-state index in [-0.39, 0.29) is 52.5 Å². The predicted octanol–water partition coefficient (Wildman–Crippen LogP) is 7.34. The lowest BCUT2D eigenvalue weighted by Crippen LogP contribution is -2.31. The number of aromatic nitrogens is 4. The molecule has 1 fully saturated rings. The molecule has 0 aliphatic carbocycles. The number of carbonyl (C=O) groups is 1. The van der Waals surface area contributed by atoms with Gasteiger partial charge in [0.1, 0.15) is 35.0 Å². The molecule has 234 valence electrons. The first-order valence-corrected chi connectivity index (χ1v) is 14.7. The van der Waals surface area contributed by atoms with Gasteiger partial charge < -0.3 is 18.8 Å². The Morgan fingerprint density at radius 3 is 2.51 bits per heavy atom. The Balaban J connectivity index is 0.00000196. The predicted molar refractivity (Wildman–Crippen MR) is 163 cm³/mol. The third-order valence-electron chi connectivity index (χ3n) is 7.18. The zero-order valence-electron chi connectivity index (χ0n) is 24.8.